The molecule has 0 aliphatic heterocycles. The van der Waals surface area contributed by atoms with E-state index in [2.05, 4.69) is 25.6 Å². The third-order valence-corrected chi connectivity index (χ3v) is 2.10. The van der Waals surface area contributed by atoms with Gasteiger partial charge in [0.15, 0.2) is 5.82 Å². The van der Waals surface area contributed by atoms with Gasteiger partial charge < -0.3 is 0 Å². The number of hydrogen-bond acceptors (Lipinski definition) is 4. The minimum Gasteiger partial charge on any atom is -0.217 e. The Kier molecular flexibility index (Phi) is 2.79. The summed E-state index contributed by atoms with van der Waals surface area (Å²) in [5.41, 5.74) is 9.26. The number of azide groups is 1. The molecule has 2 aromatic rings. The average molecular weight is 215 g/mol. The van der Waals surface area contributed by atoms with Crippen LogP contribution in [0.25, 0.3) is 21.8 Å². The second-order valence-corrected chi connectivity index (χ2v) is 3.15. The van der Waals surface area contributed by atoms with Gasteiger partial charge in [-0.3, -0.25) is 0 Å². The van der Waals surface area contributed by atoms with E-state index in [1.165, 1.54) is 4.68 Å². The quantitative estimate of drug-likeness (QED) is 0.446. The van der Waals surface area contributed by atoms with Crippen LogP contribution in [0.5, 0.6) is 0 Å². The molecule has 7 nitrogen and oxygen atoms in total. The lowest BCUT2D eigenvalue weighted by Gasteiger charge is -2.06. The van der Waals surface area contributed by atoms with Gasteiger partial charge in [-0.25, -0.2) is 4.68 Å². The van der Waals surface area contributed by atoms with Crippen molar-refractivity contribution in [2.24, 2.45) is 5.11 Å². The SMILES string of the molecule is C[C@H](N=[N+]=[N-])n1nnnc1-c1ccccc1. The first-order chi connectivity index (χ1) is 7.83. The van der Waals surface area contributed by atoms with Crippen molar-refractivity contribution in [3.8, 4) is 11.4 Å². The first-order valence-electron chi connectivity index (χ1n) is 4.70. The molecule has 80 valence electrons. The van der Waals surface area contributed by atoms with Crippen LogP contribution in [0, 0.1) is 0 Å². The minimum atomic E-state index is -0.449. The van der Waals surface area contributed by atoms with E-state index in [0.717, 1.165) is 5.56 Å². The van der Waals surface area contributed by atoms with Gasteiger partial charge in [0.2, 0.25) is 0 Å². The van der Waals surface area contributed by atoms with Crippen molar-refractivity contribution < 1.29 is 0 Å². The van der Waals surface area contributed by atoms with Crippen LogP contribution >= 0.6 is 0 Å². The van der Waals surface area contributed by atoms with Crippen LogP contribution in [0.4, 0.5) is 0 Å². The molecule has 0 bridgehead atoms. The number of nitrogens with zero attached hydrogens (tertiary/aromatic N) is 7. The highest BCUT2D eigenvalue weighted by Gasteiger charge is 2.12. The number of aromatic nitrogens is 4. The van der Waals surface area contributed by atoms with E-state index in [1.54, 1.807) is 6.92 Å². The fourth-order valence-electron chi connectivity index (χ4n) is 1.35. The van der Waals surface area contributed by atoms with Crippen molar-refractivity contribution >= 4 is 0 Å². The molecule has 0 spiro atoms. The summed E-state index contributed by atoms with van der Waals surface area (Å²) >= 11 is 0. The van der Waals surface area contributed by atoms with Crippen LogP contribution in [-0.4, -0.2) is 20.2 Å². The molecule has 16 heavy (non-hydrogen) atoms. The van der Waals surface area contributed by atoms with Gasteiger partial charge in [-0.05, 0) is 22.9 Å². The third-order valence-electron chi connectivity index (χ3n) is 2.10. The standard InChI is InChI=1S/C9H9N7/c1-7(11-13-10)16-9(12-14-15-16)8-5-3-2-4-6-8/h2-7H,1H3/t7-/m1/s1. The molecule has 7 heteroatoms. The van der Waals surface area contributed by atoms with Gasteiger partial charge in [0, 0.05) is 10.5 Å². The Balaban J connectivity index is 2.44. The molecule has 2 rings (SSSR count). The highest BCUT2D eigenvalue weighted by molar-refractivity contribution is 5.53. The van der Waals surface area contributed by atoms with Crippen LogP contribution < -0.4 is 0 Å². The van der Waals surface area contributed by atoms with Crippen molar-refractivity contribution in [2.75, 3.05) is 0 Å². The molecule has 0 amide bonds. The Bertz CT molecular complexity index is 512. The monoisotopic (exact) mass is 215 g/mol. The van der Waals surface area contributed by atoms with Gasteiger partial charge in [-0.15, -0.1) is 5.10 Å². The molecule has 0 radical (unpaired) electrons. The van der Waals surface area contributed by atoms with Crippen molar-refractivity contribution in [1.29, 1.82) is 0 Å². The first-order valence-corrected chi connectivity index (χ1v) is 4.70. The van der Waals surface area contributed by atoms with E-state index < -0.39 is 6.17 Å². The van der Waals surface area contributed by atoms with E-state index in [4.69, 9.17) is 5.53 Å². The molecule has 0 saturated heterocycles. The summed E-state index contributed by atoms with van der Waals surface area (Å²) < 4.78 is 1.48. The summed E-state index contributed by atoms with van der Waals surface area (Å²) in [6, 6.07) is 9.49. The van der Waals surface area contributed by atoms with E-state index in [0.29, 0.717) is 5.82 Å². The molecule has 0 unspecified atom stereocenters. The number of hydrogen-bond donors (Lipinski definition) is 0. The lowest BCUT2D eigenvalue weighted by Crippen LogP contribution is -2.06. The van der Waals surface area contributed by atoms with Crippen LogP contribution in [0.3, 0.4) is 0 Å². The molecule has 1 atom stereocenters. The van der Waals surface area contributed by atoms with Gasteiger partial charge in [-0.1, -0.05) is 35.4 Å². The Hall–Kier alpha value is -2.40. The zero-order chi connectivity index (χ0) is 11.4. The van der Waals surface area contributed by atoms with E-state index in [9.17, 15) is 0 Å². The lowest BCUT2D eigenvalue weighted by atomic mass is 10.2. The van der Waals surface area contributed by atoms with Gasteiger partial charge in [-0.2, -0.15) is 0 Å². The number of benzene rings is 1. The largest absolute Gasteiger partial charge is 0.217 e. The van der Waals surface area contributed by atoms with Crippen LogP contribution in [0.1, 0.15) is 13.1 Å². The van der Waals surface area contributed by atoms with E-state index in [-0.39, 0.29) is 0 Å². The highest BCUT2D eigenvalue weighted by Crippen LogP contribution is 2.18. The lowest BCUT2D eigenvalue weighted by molar-refractivity contribution is 0.496. The van der Waals surface area contributed by atoms with Gasteiger partial charge in [0.1, 0.15) is 6.17 Å². The molecule has 0 aliphatic rings. The third kappa shape index (κ3) is 1.84. The zero-order valence-corrected chi connectivity index (χ0v) is 8.59. The molecule has 0 saturated carbocycles. The van der Waals surface area contributed by atoms with E-state index >= 15 is 0 Å². The maximum absolute atomic E-state index is 8.37. The summed E-state index contributed by atoms with van der Waals surface area (Å²) in [6.45, 7) is 1.72. The number of tetrazole rings is 1. The summed E-state index contributed by atoms with van der Waals surface area (Å²) in [5.74, 6) is 0.584. The molecule has 0 fully saturated rings. The fraction of sp³-hybridized carbons (Fsp3) is 0.222. The predicted octanol–water partition coefficient (Wildman–Crippen LogP) is 2.17. The first kappa shape index (κ1) is 10.1. The summed E-state index contributed by atoms with van der Waals surface area (Å²) in [7, 11) is 0. The molecule has 1 aromatic heterocycles. The molecule has 1 aromatic carbocycles. The van der Waals surface area contributed by atoms with E-state index in [1.807, 2.05) is 30.3 Å². The molecular weight excluding hydrogens is 206 g/mol. The highest BCUT2D eigenvalue weighted by atomic mass is 15.6. The normalized spacial score (nSPS) is 11.8. The second kappa shape index (κ2) is 4.41. The molecule has 1 heterocycles. The minimum absolute atomic E-state index is 0.449. The van der Waals surface area contributed by atoms with Crippen molar-refractivity contribution in [2.45, 2.75) is 13.1 Å². The number of rotatable bonds is 3. The molecule has 0 N–H and O–H groups in total. The molecular formula is C9H9N7. The van der Waals surface area contributed by atoms with Crippen LogP contribution in [0.15, 0.2) is 35.4 Å². The predicted molar refractivity (Wildman–Crippen MR) is 57.1 cm³/mol. The molecule has 0 aliphatic carbocycles. The maximum atomic E-state index is 8.37. The van der Waals surface area contributed by atoms with Crippen molar-refractivity contribution in [3.05, 3.63) is 40.8 Å². The smallest absolute Gasteiger partial charge is 0.182 e. The Morgan fingerprint density at radius 1 is 1.38 bits per heavy atom. The Labute approximate surface area is 91.3 Å². The van der Waals surface area contributed by atoms with Crippen LogP contribution in [0.2, 0.25) is 0 Å². The summed E-state index contributed by atoms with van der Waals surface area (Å²) in [5, 5.41) is 14.8. The maximum Gasteiger partial charge on any atom is 0.182 e. The zero-order valence-electron chi connectivity index (χ0n) is 8.59. The summed E-state index contributed by atoms with van der Waals surface area (Å²) in [6.07, 6.45) is -0.449. The topological polar surface area (TPSA) is 92.4 Å². The van der Waals surface area contributed by atoms with Crippen molar-refractivity contribution in [1.82, 2.24) is 20.2 Å². The van der Waals surface area contributed by atoms with Gasteiger partial charge in [0.05, 0.1) is 0 Å². The Morgan fingerprint density at radius 2 is 2.12 bits per heavy atom. The average Bonchev–Trinajstić information content (AvgIpc) is 2.79. The van der Waals surface area contributed by atoms with Gasteiger partial charge >= 0.3 is 0 Å². The fourth-order valence-corrected chi connectivity index (χ4v) is 1.35. The van der Waals surface area contributed by atoms with Gasteiger partial charge in [0.25, 0.3) is 0 Å². The summed E-state index contributed by atoms with van der Waals surface area (Å²) in [4.78, 5) is 2.73. The van der Waals surface area contributed by atoms with Crippen molar-refractivity contribution in [3.63, 3.8) is 0 Å². The van der Waals surface area contributed by atoms with Crippen LogP contribution in [-0.2, 0) is 0 Å². The Morgan fingerprint density at radius 3 is 2.81 bits per heavy atom. The second-order valence-electron chi connectivity index (χ2n) is 3.15.